The second kappa shape index (κ2) is 8.09. The molecule has 0 radical (unpaired) electrons. The van der Waals surface area contributed by atoms with Gasteiger partial charge in [-0.15, -0.1) is 11.3 Å². The Kier molecular flexibility index (Phi) is 5.82. The van der Waals surface area contributed by atoms with Crippen molar-refractivity contribution in [3.8, 4) is 0 Å². The fourth-order valence-corrected chi connectivity index (χ4v) is 3.61. The highest BCUT2D eigenvalue weighted by atomic mass is 32.2. The van der Waals surface area contributed by atoms with Gasteiger partial charge in [-0.25, -0.2) is 18.5 Å². The van der Waals surface area contributed by atoms with Gasteiger partial charge < -0.3 is 4.55 Å². The Morgan fingerprint density at radius 3 is 2.85 bits per heavy atom. The number of carbonyl (C=O) groups excluding carboxylic acids is 1. The molecule has 1 aromatic heterocycles. The predicted octanol–water partition coefficient (Wildman–Crippen LogP) is 3.12. The Morgan fingerprint density at radius 1 is 1.27 bits per heavy atom. The van der Waals surface area contributed by atoms with Crippen molar-refractivity contribution < 1.29 is 22.3 Å². The molecule has 5 nitrogen and oxygen atoms in total. The molecule has 0 aliphatic carbocycles. The Hall–Kier alpha value is -2.07. The van der Waals surface area contributed by atoms with Crippen LogP contribution in [0.25, 0.3) is 10.2 Å². The monoisotopic (exact) mass is 395 g/mol. The zero-order valence-electron chi connectivity index (χ0n) is 13.3. The fourth-order valence-electron chi connectivity index (χ4n) is 2.58. The zero-order valence-corrected chi connectivity index (χ0v) is 15.0. The van der Waals surface area contributed by atoms with Gasteiger partial charge in [0, 0.05) is 23.4 Å². The first-order chi connectivity index (χ1) is 12.5. The molecule has 0 amide bonds. The van der Waals surface area contributed by atoms with Gasteiger partial charge in [0.25, 0.3) is 0 Å². The lowest BCUT2D eigenvalue weighted by molar-refractivity contribution is 0.103. The van der Waals surface area contributed by atoms with Crippen molar-refractivity contribution >= 4 is 38.6 Å². The fraction of sp³-hybridized carbons (Fsp3) is 0.176. The van der Waals surface area contributed by atoms with Crippen molar-refractivity contribution in [3.05, 3.63) is 64.2 Å². The maximum Gasteiger partial charge on any atom is 0.196 e. The summed E-state index contributed by atoms with van der Waals surface area (Å²) in [6.45, 7) is 0.0946. The average molecular weight is 395 g/mol. The van der Waals surface area contributed by atoms with Crippen LogP contribution < -0.4 is 4.72 Å². The molecule has 2 aromatic carbocycles. The standard InChI is InChI=1S/C17H14F2N2O3S2/c18-12-6-10(2-1-5-21-26(23)24)16(19)13(8-12)17(22)11-3-4-14-15(7-11)25-9-20-14/h3-4,6-9,21H,1-2,5H2,(H,23,24)/p-1. The lowest BCUT2D eigenvalue weighted by Gasteiger charge is -2.10. The van der Waals surface area contributed by atoms with Crippen LogP contribution in [0.1, 0.15) is 27.9 Å². The summed E-state index contributed by atoms with van der Waals surface area (Å²) in [6.07, 6.45) is 0.372. The lowest BCUT2D eigenvalue weighted by atomic mass is 9.98. The summed E-state index contributed by atoms with van der Waals surface area (Å²) in [5, 5.41) is 0. The molecule has 26 heavy (non-hydrogen) atoms. The number of nitrogens with one attached hydrogen (secondary N) is 1. The van der Waals surface area contributed by atoms with Gasteiger partial charge in [-0.1, -0.05) is 0 Å². The number of ketones is 1. The smallest absolute Gasteiger partial charge is 0.196 e. The first-order valence-electron chi connectivity index (χ1n) is 7.64. The van der Waals surface area contributed by atoms with Gasteiger partial charge in [-0.05, 0) is 48.7 Å². The Bertz CT molecular complexity index is 991. The molecule has 1 atom stereocenters. The van der Waals surface area contributed by atoms with Crippen LogP contribution in [0.5, 0.6) is 0 Å². The van der Waals surface area contributed by atoms with Crippen LogP contribution in [0, 0.1) is 11.6 Å². The molecule has 0 aliphatic rings. The first-order valence-corrected chi connectivity index (χ1v) is 9.60. The summed E-state index contributed by atoms with van der Waals surface area (Å²) in [5.74, 6) is -2.12. The normalized spacial score (nSPS) is 12.4. The first kappa shape index (κ1) is 18.7. The molecule has 1 heterocycles. The summed E-state index contributed by atoms with van der Waals surface area (Å²) in [6, 6.07) is 6.69. The van der Waals surface area contributed by atoms with Crippen LogP contribution in [-0.2, 0) is 17.7 Å². The van der Waals surface area contributed by atoms with Crippen LogP contribution in [0.3, 0.4) is 0 Å². The Balaban J connectivity index is 1.86. The molecule has 3 rings (SSSR count). The molecule has 3 aromatic rings. The van der Waals surface area contributed by atoms with Gasteiger partial charge in [0.1, 0.15) is 11.6 Å². The molecule has 1 unspecified atom stereocenters. The number of thiazole rings is 1. The number of rotatable bonds is 7. The van der Waals surface area contributed by atoms with Gasteiger partial charge in [-0.3, -0.25) is 9.00 Å². The van der Waals surface area contributed by atoms with E-state index in [0.717, 1.165) is 22.3 Å². The third-order valence-electron chi connectivity index (χ3n) is 3.79. The predicted molar refractivity (Wildman–Crippen MR) is 94.7 cm³/mol. The van der Waals surface area contributed by atoms with E-state index in [-0.39, 0.29) is 36.1 Å². The molecule has 9 heteroatoms. The van der Waals surface area contributed by atoms with Crippen molar-refractivity contribution in [1.82, 2.24) is 9.71 Å². The average Bonchev–Trinajstić information content (AvgIpc) is 3.08. The zero-order chi connectivity index (χ0) is 18.7. The molecule has 0 bridgehead atoms. The molecule has 1 N–H and O–H groups in total. The van der Waals surface area contributed by atoms with E-state index in [1.54, 1.807) is 17.6 Å². The van der Waals surface area contributed by atoms with Crippen LogP contribution in [0.2, 0.25) is 0 Å². The van der Waals surface area contributed by atoms with Crippen LogP contribution >= 0.6 is 11.3 Å². The summed E-state index contributed by atoms with van der Waals surface area (Å²) in [5.41, 5.74) is 2.31. The number of fused-ring (bicyclic) bond motifs is 1. The minimum Gasteiger partial charge on any atom is -0.760 e. The van der Waals surface area contributed by atoms with Crippen LogP contribution in [-0.4, -0.2) is 26.1 Å². The van der Waals surface area contributed by atoms with E-state index in [0.29, 0.717) is 0 Å². The van der Waals surface area contributed by atoms with E-state index >= 15 is 0 Å². The van der Waals surface area contributed by atoms with Crippen LogP contribution in [0.15, 0.2) is 35.8 Å². The number of aromatic nitrogens is 1. The van der Waals surface area contributed by atoms with Crippen molar-refractivity contribution in [2.45, 2.75) is 12.8 Å². The number of hydrogen-bond acceptors (Lipinski definition) is 5. The number of nitrogens with zero attached hydrogens (tertiary/aromatic N) is 1. The summed E-state index contributed by atoms with van der Waals surface area (Å²) in [7, 11) is 0. The van der Waals surface area contributed by atoms with Crippen molar-refractivity contribution in [1.29, 1.82) is 0 Å². The molecule has 0 saturated carbocycles. The van der Waals surface area contributed by atoms with E-state index in [1.165, 1.54) is 17.4 Å². The largest absolute Gasteiger partial charge is 0.760 e. The van der Waals surface area contributed by atoms with E-state index in [4.69, 9.17) is 0 Å². The number of halogens is 2. The molecule has 0 aliphatic heterocycles. The highest BCUT2D eigenvalue weighted by molar-refractivity contribution is 7.77. The minimum absolute atomic E-state index is 0.0331. The second-order valence-corrected chi connectivity index (χ2v) is 7.17. The third-order valence-corrected chi connectivity index (χ3v) is 5.03. The summed E-state index contributed by atoms with van der Waals surface area (Å²) < 4.78 is 52.3. The molecule has 0 fully saturated rings. The van der Waals surface area contributed by atoms with Gasteiger partial charge in [-0.2, -0.15) is 0 Å². The summed E-state index contributed by atoms with van der Waals surface area (Å²) >= 11 is -1.05. The Morgan fingerprint density at radius 2 is 2.08 bits per heavy atom. The van der Waals surface area contributed by atoms with Gasteiger partial charge in [0.15, 0.2) is 5.78 Å². The second-order valence-electron chi connectivity index (χ2n) is 5.52. The highest BCUT2D eigenvalue weighted by Crippen LogP contribution is 2.24. The maximum absolute atomic E-state index is 14.7. The van der Waals surface area contributed by atoms with Crippen molar-refractivity contribution in [3.63, 3.8) is 0 Å². The van der Waals surface area contributed by atoms with Crippen LogP contribution in [0.4, 0.5) is 8.78 Å². The third kappa shape index (κ3) is 4.18. The highest BCUT2D eigenvalue weighted by Gasteiger charge is 2.19. The van der Waals surface area contributed by atoms with Crippen molar-refractivity contribution in [2.24, 2.45) is 0 Å². The number of carbonyl (C=O) groups is 1. The maximum atomic E-state index is 14.7. The van der Waals surface area contributed by atoms with E-state index in [2.05, 4.69) is 9.71 Å². The molecular formula is C17H13F2N2O3S2-. The van der Waals surface area contributed by atoms with Crippen molar-refractivity contribution in [2.75, 3.05) is 6.54 Å². The molecule has 0 saturated heterocycles. The minimum atomic E-state index is -2.40. The topological polar surface area (TPSA) is 82.1 Å². The molecule has 0 spiro atoms. The summed E-state index contributed by atoms with van der Waals surface area (Å²) in [4.78, 5) is 16.8. The number of aryl methyl sites for hydroxylation is 1. The number of hydrogen-bond donors (Lipinski definition) is 1. The van der Waals surface area contributed by atoms with Gasteiger partial charge >= 0.3 is 0 Å². The van der Waals surface area contributed by atoms with E-state index in [9.17, 15) is 22.3 Å². The SMILES string of the molecule is O=C(c1ccc2ncsc2c1)c1cc(F)cc(CCCNS(=O)[O-])c1F. The number of benzene rings is 2. The van der Waals surface area contributed by atoms with Gasteiger partial charge in [0.2, 0.25) is 0 Å². The Labute approximate surface area is 154 Å². The molecule has 136 valence electrons. The quantitative estimate of drug-likeness (QED) is 0.379. The molecular weight excluding hydrogens is 382 g/mol. The van der Waals surface area contributed by atoms with Gasteiger partial charge in [0.05, 0.1) is 21.3 Å². The van der Waals surface area contributed by atoms with E-state index < -0.39 is 28.7 Å². The lowest BCUT2D eigenvalue weighted by Crippen LogP contribution is -2.18. The van der Waals surface area contributed by atoms with E-state index in [1.807, 2.05) is 0 Å².